The third-order valence-electron chi connectivity index (χ3n) is 6.13. The predicted molar refractivity (Wildman–Crippen MR) is 113 cm³/mol. The summed E-state index contributed by atoms with van der Waals surface area (Å²) >= 11 is 0. The summed E-state index contributed by atoms with van der Waals surface area (Å²) in [4.78, 5) is 15.0. The summed E-state index contributed by atoms with van der Waals surface area (Å²) in [5, 5.41) is 11.8. The van der Waals surface area contributed by atoms with Crippen LogP contribution in [-0.2, 0) is 7.05 Å². The molecular formula is C20H27F2N7O. The third-order valence-corrected chi connectivity index (χ3v) is 6.13. The molecule has 0 amide bonds. The lowest BCUT2D eigenvalue weighted by Crippen LogP contribution is -2.40. The number of hydrogen-bond donors (Lipinski definition) is 2. The summed E-state index contributed by atoms with van der Waals surface area (Å²) in [7, 11) is 1.79. The van der Waals surface area contributed by atoms with Crippen molar-refractivity contribution in [3.63, 3.8) is 0 Å². The zero-order chi connectivity index (χ0) is 21.8. The molecule has 0 aromatic carbocycles. The molecule has 162 valence electrons. The van der Waals surface area contributed by atoms with Crippen LogP contribution in [0.15, 0.2) is 17.1 Å². The molecule has 1 atom stereocenters. The van der Waals surface area contributed by atoms with E-state index < -0.39 is 5.92 Å². The van der Waals surface area contributed by atoms with Crippen molar-refractivity contribution < 1.29 is 8.78 Å². The number of rotatable bonds is 4. The first-order chi connectivity index (χ1) is 14.1. The topological polar surface area (TPSA) is 97.8 Å². The van der Waals surface area contributed by atoms with E-state index in [0.29, 0.717) is 22.2 Å². The highest BCUT2D eigenvalue weighted by Crippen LogP contribution is 2.34. The molecular weight excluding hydrogens is 392 g/mol. The van der Waals surface area contributed by atoms with Gasteiger partial charge in [-0.05, 0) is 12.8 Å². The molecule has 3 N–H and O–H groups in total. The second-order valence-corrected chi connectivity index (χ2v) is 8.45. The lowest BCUT2D eigenvalue weighted by atomic mass is 10.0. The number of piperidine rings is 1. The number of aromatic nitrogens is 5. The number of aromatic amines is 1. The Kier molecular flexibility index (Phi) is 4.82. The van der Waals surface area contributed by atoms with E-state index in [1.807, 2.05) is 31.7 Å². The Hall–Kier alpha value is -2.91. The lowest BCUT2D eigenvalue weighted by Gasteiger charge is -2.32. The van der Waals surface area contributed by atoms with Gasteiger partial charge in [0.1, 0.15) is 11.2 Å². The van der Waals surface area contributed by atoms with Crippen LogP contribution >= 0.6 is 0 Å². The average molecular weight is 419 g/mol. The van der Waals surface area contributed by atoms with Gasteiger partial charge >= 0.3 is 0 Å². The number of nitrogen functional groups attached to an aromatic ring is 1. The van der Waals surface area contributed by atoms with Crippen LogP contribution in [0, 0.1) is 5.92 Å². The highest BCUT2D eigenvalue weighted by molar-refractivity contribution is 5.97. The van der Waals surface area contributed by atoms with Gasteiger partial charge in [-0.2, -0.15) is 10.2 Å². The molecule has 3 aromatic heterocycles. The molecule has 0 spiro atoms. The molecule has 0 unspecified atom stereocenters. The summed E-state index contributed by atoms with van der Waals surface area (Å²) in [6.45, 7) is 6.61. The van der Waals surface area contributed by atoms with Crippen molar-refractivity contribution in [3.05, 3.63) is 22.6 Å². The van der Waals surface area contributed by atoms with Crippen molar-refractivity contribution >= 4 is 22.5 Å². The zero-order valence-electron chi connectivity index (χ0n) is 17.6. The minimum atomic E-state index is -2.61. The van der Waals surface area contributed by atoms with Crippen molar-refractivity contribution in [1.29, 1.82) is 0 Å². The van der Waals surface area contributed by atoms with Crippen LogP contribution in [0.3, 0.4) is 0 Å². The van der Waals surface area contributed by atoms with Gasteiger partial charge in [-0.3, -0.25) is 14.6 Å². The highest BCUT2D eigenvalue weighted by atomic mass is 19.3. The standard InChI is InChI=1S/C20H27F2N7O/c1-11(2)12(3)29-10-13(17-16(19(29)30)18(23)25-24-17)14-9-15(27(4)26-14)28-7-5-20(21,22)6-8-28/h9-12H,5-8H2,1-4H3,(H3,23,24,25)/t12-/m0/s1. The molecule has 1 saturated heterocycles. The lowest BCUT2D eigenvalue weighted by molar-refractivity contribution is -0.0222. The van der Waals surface area contributed by atoms with Gasteiger partial charge in [0.25, 0.3) is 11.5 Å². The number of halogens is 2. The van der Waals surface area contributed by atoms with Crippen molar-refractivity contribution in [3.8, 4) is 11.3 Å². The molecule has 10 heteroatoms. The Labute approximate surface area is 172 Å². The number of aryl methyl sites for hydroxylation is 1. The Morgan fingerprint density at radius 2 is 1.90 bits per heavy atom. The smallest absolute Gasteiger partial charge is 0.264 e. The Morgan fingerprint density at radius 3 is 2.53 bits per heavy atom. The number of nitrogens with zero attached hydrogens (tertiary/aromatic N) is 5. The molecule has 0 saturated carbocycles. The van der Waals surface area contributed by atoms with Crippen LogP contribution in [0.2, 0.25) is 0 Å². The Bertz CT molecular complexity index is 1130. The van der Waals surface area contributed by atoms with Crippen LogP contribution in [-0.4, -0.2) is 43.6 Å². The van der Waals surface area contributed by atoms with Crippen molar-refractivity contribution in [2.75, 3.05) is 23.7 Å². The van der Waals surface area contributed by atoms with E-state index in [9.17, 15) is 13.6 Å². The molecule has 8 nitrogen and oxygen atoms in total. The van der Waals surface area contributed by atoms with Crippen LogP contribution in [0.1, 0.15) is 39.7 Å². The molecule has 1 aliphatic rings. The van der Waals surface area contributed by atoms with Crippen LogP contribution in [0.5, 0.6) is 0 Å². The van der Waals surface area contributed by atoms with Crippen LogP contribution < -0.4 is 16.2 Å². The molecule has 0 radical (unpaired) electrons. The number of pyridine rings is 1. The van der Waals surface area contributed by atoms with E-state index in [1.165, 1.54) is 0 Å². The van der Waals surface area contributed by atoms with Crippen LogP contribution in [0.4, 0.5) is 20.4 Å². The molecule has 3 aromatic rings. The van der Waals surface area contributed by atoms with Crippen molar-refractivity contribution in [1.82, 2.24) is 24.5 Å². The molecule has 0 aliphatic carbocycles. The van der Waals surface area contributed by atoms with E-state index in [4.69, 9.17) is 5.73 Å². The van der Waals surface area contributed by atoms with Crippen molar-refractivity contribution in [2.45, 2.75) is 45.6 Å². The minimum absolute atomic E-state index is 0.0533. The number of fused-ring (bicyclic) bond motifs is 1. The maximum absolute atomic E-state index is 13.6. The summed E-state index contributed by atoms with van der Waals surface area (Å²) in [5.74, 6) is -1.47. The summed E-state index contributed by atoms with van der Waals surface area (Å²) < 4.78 is 30.5. The van der Waals surface area contributed by atoms with E-state index >= 15 is 0 Å². The number of H-pyrrole nitrogens is 1. The normalized spacial score (nSPS) is 17.8. The molecule has 1 fully saturated rings. The van der Waals surface area contributed by atoms with Gasteiger partial charge in [-0.1, -0.05) is 13.8 Å². The van der Waals surface area contributed by atoms with Gasteiger partial charge in [-0.25, -0.2) is 8.78 Å². The number of nitrogens with two attached hydrogens (primary N) is 1. The molecule has 4 heterocycles. The van der Waals surface area contributed by atoms with Gasteiger partial charge in [0.05, 0.1) is 11.2 Å². The van der Waals surface area contributed by atoms with Gasteiger partial charge in [0.15, 0.2) is 5.82 Å². The van der Waals surface area contributed by atoms with Gasteiger partial charge < -0.3 is 15.2 Å². The van der Waals surface area contributed by atoms with Gasteiger partial charge in [0, 0.05) is 56.8 Å². The second-order valence-electron chi connectivity index (χ2n) is 8.45. The number of anilines is 2. The van der Waals surface area contributed by atoms with E-state index in [2.05, 4.69) is 15.3 Å². The maximum atomic E-state index is 13.6. The molecule has 0 bridgehead atoms. The van der Waals surface area contributed by atoms with E-state index in [-0.39, 0.29) is 49.3 Å². The van der Waals surface area contributed by atoms with E-state index in [1.54, 1.807) is 22.5 Å². The minimum Gasteiger partial charge on any atom is -0.382 e. The number of alkyl halides is 2. The zero-order valence-corrected chi connectivity index (χ0v) is 17.6. The first-order valence-electron chi connectivity index (χ1n) is 10.1. The fourth-order valence-electron chi connectivity index (χ4n) is 3.92. The third kappa shape index (κ3) is 3.33. The molecule has 4 rings (SSSR count). The summed E-state index contributed by atoms with van der Waals surface area (Å²) in [5.41, 5.74) is 7.64. The van der Waals surface area contributed by atoms with Gasteiger partial charge in [-0.15, -0.1) is 0 Å². The summed E-state index contributed by atoms with van der Waals surface area (Å²) in [6, 6.07) is 1.81. The second kappa shape index (κ2) is 7.10. The summed E-state index contributed by atoms with van der Waals surface area (Å²) in [6.07, 6.45) is 1.43. The monoisotopic (exact) mass is 419 g/mol. The quantitative estimate of drug-likeness (QED) is 0.677. The largest absolute Gasteiger partial charge is 0.382 e. The number of nitrogens with one attached hydrogen (secondary N) is 1. The van der Waals surface area contributed by atoms with Gasteiger partial charge in [0.2, 0.25) is 0 Å². The predicted octanol–water partition coefficient (Wildman–Crippen LogP) is 3.16. The fraction of sp³-hybridized carbons (Fsp3) is 0.550. The fourth-order valence-corrected chi connectivity index (χ4v) is 3.92. The SMILES string of the molecule is CC(C)[C@H](C)n1cc(-c2cc(N3CCC(F)(F)CC3)n(C)n2)c2[nH]nc(N)c2c1=O. The van der Waals surface area contributed by atoms with Crippen LogP contribution in [0.25, 0.3) is 22.2 Å². The first-order valence-corrected chi connectivity index (χ1v) is 10.1. The highest BCUT2D eigenvalue weighted by Gasteiger charge is 2.35. The average Bonchev–Trinajstić information content (AvgIpc) is 3.25. The first kappa shape index (κ1) is 20.4. The number of hydrogen-bond acceptors (Lipinski definition) is 5. The van der Waals surface area contributed by atoms with Crippen molar-refractivity contribution in [2.24, 2.45) is 13.0 Å². The Morgan fingerprint density at radius 1 is 1.23 bits per heavy atom. The van der Waals surface area contributed by atoms with E-state index in [0.717, 1.165) is 5.82 Å². The molecule has 30 heavy (non-hydrogen) atoms. The Balaban J connectivity index is 1.82. The maximum Gasteiger partial charge on any atom is 0.264 e. The molecule has 1 aliphatic heterocycles.